The van der Waals surface area contributed by atoms with Gasteiger partial charge in [-0.25, -0.2) is 0 Å². The van der Waals surface area contributed by atoms with Crippen LogP contribution in [-0.4, -0.2) is 31.7 Å². The molecule has 0 bridgehead atoms. The van der Waals surface area contributed by atoms with Crippen LogP contribution in [0, 0.1) is 5.92 Å². The molecule has 3 nitrogen and oxygen atoms in total. The largest absolute Gasteiger partial charge is 0.317 e. The molecule has 1 aliphatic heterocycles. The topological polar surface area (TPSA) is 42.0 Å². The molecule has 1 fully saturated rings. The van der Waals surface area contributed by atoms with Crippen molar-refractivity contribution in [3.05, 3.63) is 23.9 Å². The number of nitrogens with zero attached hydrogens (tertiary/aromatic N) is 1. The minimum atomic E-state index is 0.150. The molecule has 0 amide bonds. The molecule has 0 atom stereocenters. The number of carbonyl (C=O) groups is 1. The van der Waals surface area contributed by atoms with Crippen LogP contribution in [0.1, 0.15) is 23.2 Å². The molecule has 15 heavy (non-hydrogen) atoms. The van der Waals surface area contributed by atoms with Crippen LogP contribution in [0.25, 0.3) is 0 Å². The highest BCUT2D eigenvalue weighted by Crippen LogP contribution is 2.17. The minimum absolute atomic E-state index is 0.150. The average molecular weight is 200 g/mol. The molecule has 2 heterocycles. The van der Waals surface area contributed by atoms with Gasteiger partial charge in [0, 0.05) is 17.7 Å². The lowest BCUT2D eigenvalue weighted by Crippen LogP contribution is -2.32. The molecule has 1 aromatic rings. The van der Waals surface area contributed by atoms with Crippen LogP contribution in [0.15, 0.2) is 18.3 Å². The number of hydrogen-bond acceptors (Lipinski definition) is 3. The quantitative estimate of drug-likeness (QED) is 0.542. The molecule has 76 valence electrons. The third-order valence-electron chi connectivity index (χ3n) is 2.78. The first-order valence-electron chi connectivity index (χ1n) is 5.24. The molecule has 0 unspecified atom stereocenters. The van der Waals surface area contributed by atoms with Crippen molar-refractivity contribution in [2.24, 2.45) is 5.92 Å². The Hall–Kier alpha value is -1.16. The summed E-state index contributed by atoms with van der Waals surface area (Å²) in [6.07, 6.45) is 3.41. The summed E-state index contributed by atoms with van der Waals surface area (Å²) in [6.45, 7) is 1.86. The van der Waals surface area contributed by atoms with Gasteiger partial charge in [-0.15, -0.1) is 0 Å². The molecular weight excluding hydrogens is 187 g/mol. The summed E-state index contributed by atoms with van der Waals surface area (Å²) < 4.78 is 0. The third kappa shape index (κ3) is 2.45. The van der Waals surface area contributed by atoms with Gasteiger partial charge < -0.3 is 5.32 Å². The smallest absolute Gasteiger partial charge is 0.167 e. The van der Waals surface area contributed by atoms with E-state index < -0.39 is 0 Å². The van der Waals surface area contributed by atoms with Crippen LogP contribution in [0.2, 0.25) is 0 Å². The van der Waals surface area contributed by atoms with E-state index in [1.54, 1.807) is 18.3 Å². The van der Waals surface area contributed by atoms with Gasteiger partial charge in [0.15, 0.2) is 5.78 Å². The van der Waals surface area contributed by atoms with Crippen molar-refractivity contribution >= 4 is 19.2 Å². The highest BCUT2D eigenvalue weighted by atomic mass is 16.1. The third-order valence-corrected chi connectivity index (χ3v) is 2.78. The number of carbonyl (C=O) groups excluding carboxylic acids is 1. The zero-order valence-electron chi connectivity index (χ0n) is 8.57. The maximum Gasteiger partial charge on any atom is 0.167 e. The molecular formula is C11H13BN2O. The summed E-state index contributed by atoms with van der Waals surface area (Å²) in [6, 6.07) is 3.43. The second kappa shape index (κ2) is 4.58. The number of ketones is 1. The summed E-state index contributed by atoms with van der Waals surface area (Å²) in [5.41, 5.74) is 1.13. The van der Waals surface area contributed by atoms with E-state index in [0.717, 1.165) is 25.9 Å². The van der Waals surface area contributed by atoms with Gasteiger partial charge in [0.25, 0.3) is 0 Å². The Morgan fingerprint density at radius 3 is 2.73 bits per heavy atom. The molecule has 1 aliphatic rings. The van der Waals surface area contributed by atoms with Crippen molar-refractivity contribution < 1.29 is 4.79 Å². The number of piperidine rings is 1. The molecule has 1 aromatic heterocycles. The van der Waals surface area contributed by atoms with Crippen molar-refractivity contribution in [1.29, 1.82) is 0 Å². The van der Waals surface area contributed by atoms with Crippen LogP contribution in [0.5, 0.6) is 0 Å². The zero-order valence-corrected chi connectivity index (χ0v) is 8.57. The highest BCUT2D eigenvalue weighted by molar-refractivity contribution is 6.30. The van der Waals surface area contributed by atoms with Crippen molar-refractivity contribution in [3.8, 4) is 0 Å². The molecule has 1 saturated heterocycles. The Bertz CT molecular complexity index is 344. The molecule has 2 radical (unpaired) electrons. The van der Waals surface area contributed by atoms with Crippen LogP contribution >= 0.6 is 0 Å². The normalized spacial score (nSPS) is 17.6. The van der Waals surface area contributed by atoms with E-state index in [2.05, 4.69) is 10.3 Å². The molecule has 2 rings (SSSR count). The Balaban J connectivity index is 2.09. The van der Waals surface area contributed by atoms with E-state index >= 15 is 0 Å². The predicted octanol–water partition coefficient (Wildman–Crippen LogP) is 0.0577. The summed E-state index contributed by atoms with van der Waals surface area (Å²) in [5, 5.41) is 3.24. The first-order chi connectivity index (χ1) is 7.27. The van der Waals surface area contributed by atoms with E-state index in [0.29, 0.717) is 11.2 Å². The van der Waals surface area contributed by atoms with Crippen molar-refractivity contribution in [2.75, 3.05) is 13.1 Å². The SMILES string of the molecule is [B]c1ccc(C(=O)C2CCNCC2)cn1. The van der Waals surface area contributed by atoms with E-state index in [4.69, 9.17) is 7.85 Å². The first kappa shape index (κ1) is 10.4. The van der Waals surface area contributed by atoms with Gasteiger partial charge in [0.2, 0.25) is 0 Å². The lowest BCUT2D eigenvalue weighted by atomic mass is 9.90. The van der Waals surface area contributed by atoms with Gasteiger partial charge in [0.05, 0.1) is 0 Å². The van der Waals surface area contributed by atoms with Crippen LogP contribution in [-0.2, 0) is 0 Å². The monoisotopic (exact) mass is 200 g/mol. The van der Waals surface area contributed by atoms with Gasteiger partial charge in [-0.3, -0.25) is 9.78 Å². The number of rotatable bonds is 2. The summed E-state index contributed by atoms with van der Waals surface area (Å²) in [5.74, 6) is 0.348. The van der Waals surface area contributed by atoms with Gasteiger partial charge in [-0.2, -0.15) is 0 Å². The molecule has 4 heteroatoms. The Labute approximate surface area is 90.7 Å². The van der Waals surface area contributed by atoms with Crippen molar-refractivity contribution in [1.82, 2.24) is 10.3 Å². The summed E-state index contributed by atoms with van der Waals surface area (Å²) in [4.78, 5) is 15.9. The Morgan fingerprint density at radius 1 is 1.40 bits per heavy atom. The van der Waals surface area contributed by atoms with E-state index in [1.807, 2.05) is 0 Å². The standard InChI is InChI=1S/C11H13BN2O/c12-10-2-1-9(7-14-10)11(15)8-3-5-13-6-4-8/h1-2,7-8,13H,3-6H2. The molecule has 0 aliphatic carbocycles. The molecule has 0 aromatic carbocycles. The van der Waals surface area contributed by atoms with Crippen LogP contribution in [0.4, 0.5) is 0 Å². The fraction of sp³-hybridized carbons (Fsp3) is 0.455. The van der Waals surface area contributed by atoms with E-state index in [-0.39, 0.29) is 11.7 Å². The number of aromatic nitrogens is 1. The maximum atomic E-state index is 12.0. The van der Waals surface area contributed by atoms with Gasteiger partial charge in [0.1, 0.15) is 7.85 Å². The summed E-state index contributed by atoms with van der Waals surface area (Å²) >= 11 is 0. The fourth-order valence-corrected chi connectivity index (χ4v) is 1.87. The second-order valence-electron chi connectivity index (χ2n) is 3.86. The van der Waals surface area contributed by atoms with Crippen molar-refractivity contribution in [3.63, 3.8) is 0 Å². The lowest BCUT2D eigenvalue weighted by Gasteiger charge is -2.21. The number of Topliss-reactive ketones (excluding diaryl/α,β-unsaturated/α-hetero) is 1. The summed E-state index contributed by atoms with van der Waals surface area (Å²) in [7, 11) is 5.47. The molecule has 0 spiro atoms. The van der Waals surface area contributed by atoms with E-state index in [9.17, 15) is 4.79 Å². The van der Waals surface area contributed by atoms with Gasteiger partial charge in [-0.05, 0) is 37.6 Å². The molecule has 0 saturated carbocycles. The van der Waals surface area contributed by atoms with E-state index in [1.165, 1.54) is 0 Å². The van der Waals surface area contributed by atoms with Crippen LogP contribution < -0.4 is 10.9 Å². The zero-order chi connectivity index (χ0) is 10.7. The fourth-order valence-electron chi connectivity index (χ4n) is 1.87. The number of nitrogens with one attached hydrogen (secondary N) is 1. The Morgan fingerprint density at radius 2 is 2.13 bits per heavy atom. The maximum absolute atomic E-state index is 12.0. The second-order valence-corrected chi connectivity index (χ2v) is 3.86. The minimum Gasteiger partial charge on any atom is -0.317 e. The number of pyridine rings is 1. The predicted molar refractivity (Wildman–Crippen MR) is 59.5 cm³/mol. The highest BCUT2D eigenvalue weighted by Gasteiger charge is 2.21. The molecule has 1 N–H and O–H groups in total. The van der Waals surface area contributed by atoms with Crippen LogP contribution in [0.3, 0.4) is 0 Å². The van der Waals surface area contributed by atoms with Gasteiger partial charge >= 0.3 is 0 Å². The Kier molecular flexibility index (Phi) is 3.16. The first-order valence-corrected chi connectivity index (χ1v) is 5.24. The average Bonchev–Trinajstić information content (AvgIpc) is 2.30. The van der Waals surface area contributed by atoms with Gasteiger partial charge in [-0.1, -0.05) is 6.07 Å². The number of hydrogen-bond donors (Lipinski definition) is 1. The van der Waals surface area contributed by atoms with Crippen molar-refractivity contribution in [2.45, 2.75) is 12.8 Å². The lowest BCUT2D eigenvalue weighted by molar-refractivity contribution is 0.0895.